The molecule has 6 nitrogen and oxygen atoms in total. The first-order chi connectivity index (χ1) is 13.1. The van der Waals surface area contributed by atoms with Gasteiger partial charge in [-0.1, -0.05) is 26.7 Å². The zero-order valence-electron chi connectivity index (χ0n) is 18.0. The van der Waals surface area contributed by atoms with Crippen LogP contribution < -0.4 is 10.6 Å². The first-order valence-electron chi connectivity index (χ1n) is 11.0. The van der Waals surface area contributed by atoms with E-state index in [9.17, 15) is 9.90 Å². The van der Waals surface area contributed by atoms with Crippen molar-refractivity contribution in [2.75, 3.05) is 32.8 Å². The van der Waals surface area contributed by atoms with Crippen molar-refractivity contribution in [1.29, 1.82) is 0 Å². The molecule has 2 rings (SSSR count). The first kappa shape index (κ1) is 25.5. The molecule has 28 heavy (non-hydrogen) atoms. The highest BCUT2D eigenvalue weighted by atomic mass is 127. The normalized spacial score (nSPS) is 20.9. The Hall–Kier alpha value is -0.570. The molecule has 0 bridgehead atoms. The van der Waals surface area contributed by atoms with Crippen LogP contribution >= 0.6 is 24.0 Å². The molecule has 0 aromatic heterocycles. The van der Waals surface area contributed by atoms with Crippen LogP contribution in [0.15, 0.2) is 4.99 Å². The maximum absolute atomic E-state index is 12.6. The summed E-state index contributed by atoms with van der Waals surface area (Å²) in [6.07, 6.45) is 8.33. The molecule has 1 amide bonds. The number of likely N-dealkylation sites (tertiary alicyclic amines) is 1. The highest BCUT2D eigenvalue weighted by Crippen LogP contribution is 2.31. The second-order valence-electron chi connectivity index (χ2n) is 8.27. The SMILES string of the molecule is CCNC(=NCC(CC)(CC)CCO)NC1CCN(C(=O)C2CCCC2)C1.I. The number of aliphatic hydroxyl groups is 1. The largest absolute Gasteiger partial charge is 0.396 e. The summed E-state index contributed by atoms with van der Waals surface area (Å²) >= 11 is 0. The van der Waals surface area contributed by atoms with E-state index in [1.165, 1.54) is 12.8 Å². The number of amides is 1. The molecule has 1 saturated heterocycles. The van der Waals surface area contributed by atoms with Gasteiger partial charge in [-0.05, 0) is 50.9 Å². The third-order valence-electron chi connectivity index (χ3n) is 6.60. The minimum Gasteiger partial charge on any atom is -0.396 e. The van der Waals surface area contributed by atoms with Gasteiger partial charge in [0.05, 0.1) is 0 Å². The molecule has 1 aliphatic heterocycles. The average Bonchev–Trinajstić information content (AvgIpc) is 3.37. The number of nitrogens with zero attached hydrogens (tertiary/aromatic N) is 2. The predicted molar refractivity (Wildman–Crippen MR) is 126 cm³/mol. The van der Waals surface area contributed by atoms with Crippen molar-refractivity contribution in [2.45, 2.75) is 78.2 Å². The number of halogens is 1. The molecule has 1 atom stereocenters. The van der Waals surface area contributed by atoms with E-state index < -0.39 is 0 Å². The first-order valence-corrected chi connectivity index (χ1v) is 11.0. The van der Waals surface area contributed by atoms with Crippen molar-refractivity contribution in [3.63, 3.8) is 0 Å². The van der Waals surface area contributed by atoms with E-state index in [-0.39, 0.29) is 48.0 Å². The number of hydrogen-bond donors (Lipinski definition) is 3. The molecule has 2 fully saturated rings. The van der Waals surface area contributed by atoms with Crippen molar-refractivity contribution in [3.05, 3.63) is 0 Å². The molecular formula is C21H41IN4O2. The molecule has 164 valence electrons. The Morgan fingerprint density at radius 3 is 2.43 bits per heavy atom. The molecule has 1 saturated carbocycles. The average molecular weight is 508 g/mol. The number of aliphatic imine (C=N–C) groups is 1. The molecule has 2 aliphatic rings. The lowest BCUT2D eigenvalue weighted by Crippen LogP contribution is -2.46. The Kier molecular flexibility index (Phi) is 11.7. The molecule has 0 radical (unpaired) electrons. The van der Waals surface area contributed by atoms with Crippen LogP contribution in [0, 0.1) is 11.3 Å². The van der Waals surface area contributed by atoms with E-state index in [1.54, 1.807) is 0 Å². The maximum Gasteiger partial charge on any atom is 0.225 e. The third kappa shape index (κ3) is 7.04. The Bertz CT molecular complexity index is 491. The number of aliphatic hydroxyl groups excluding tert-OH is 1. The summed E-state index contributed by atoms with van der Waals surface area (Å²) in [6, 6.07) is 0.267. The number of rotatable bonds is 9. The minimum absolute atomic E-state index is 0. The van der Waals surface area contributed by atoms with Crippen LogP contribution in [-0.2, 0) is 4.79 Å². The van der Waals surface area contributed by atoms with Gasteiger partial charge >= 0.3 is 0 Å². The van der Waals surface area contributed by atoms with Gasteiger partial charge in [0, 0.05) is 44.7 Å². The van der Waals surface area contributed by atoms with Gasteiger partial charge in [0.2, 0.25) is 5.91 Å². The standard InChI is InChI=1S/C21H40N4O2.HI/c1-4-21(5-2,12-14-26)16-23-20(22-6-3)24-18-11-13-25(15-18)19(27)17-9-7-8-10-17;/h17-18,26H,4-16H2,1-3H3,(H2,22,23,24);1H. The topological polar surface area (TPSA) is 77.0 Å². The van der Waals surface area contributed by atoms with Crippen LogP contribution in [0.1, 0.15) is 72.1 Å². The predicted octanol–water partition coefficient (Wildman–Crippen LogP) is 3.14. The fourth-order valence-electron chi connectivity index (χ4n) is 4.41. The van der Waals surface area contributed by atoms with Crippen LogP contribution in [-0.4, -0.2) is 60.7 Å². The van der Waals surface area contributed by atoms with Gasteiger partial charge in [-0.15, -0.1) is 24.0 Å². The zero-order chi connectivity index (χ0) is 19.7. The zero-order valence-corrected chi connectivity index (χ0v) is 20.3. The third-order valence-corrected chi connectivity index (χ3v) is 6.60. The van der Waals surface area contributed by atoms with E-state index in [1.807, 2.05) is 4.90 Å². The summed E-state index contributed by atoms with van der Waals surface area (Å²) in [5.41, 5.74) is 0.0667. The Balaban J connectivity index is 0.00000392. The van der Waals surface area contributed by atoms with E-state index in [0.717, 1.165) is 64.1 Å². The lowest BCUT2D eigenvalue weighted by molar-refractivity contribution is -0.134. The molecular weight excluding hydrogens is 467 g/mol. The fourth-order valence-corrected chi connectivity index (χ4v) is 4.41. The monoisotopic (exact) mass is 508 g/mol. The summed E-state index contributed by atoms with van der Waals surface area (Å²) in [7, 11) is 0. The summed E-state index contributed by atoms with van der Waals surface area (Å²) in [4.78, 5) is 19.5. The summed E-state index contributed by atoms with van der Waals surface area (Å²) in [5.74, 6) is 1.46. The second kappa shape index (κ2) is 12.9. The van der Waals surface area contributed by atoms with Crippen molar-refractivity contribution < 1.29 is 9.90 Å². The Labute approximate surface area is 188 Å². The van der Waals surface area contributed by atoms with Crippen molar-refractivity contribution in [2.24, 2.45) is 16.3 Å². The number of carbonyl (C=O) groups excluding carboxylic acids is 1. The fraction of sp³-hybridized carbons (Fsp3) is 0.905. The second-order valence-corrected chi connectivity index (χ2v) is 8.27. The summed E-state index contributed by atoms with van der Waals surface area (Å²) in [6.45, 7) is 9.80. The molecule has 0 aromatic rings. The van der Waals surface area contributed by atoms with Crippen molar-refractivity contribution in [3.8, 4) is 0 Å². The summed E-state index contributed by atoms with van der Waals surface area (Å²) < 4.78 is 0. The molecule has 7 heteroatoms. The minimum atomic E-state index is 0. The number of guanidine groups is 1. The molecule has 0 aromatic carbocycles. The van der Waals surface area contributed by atoms with Crippen LogP contribution in [0.5, 0.6) is 0 Å². The van der Waals surface area contributed by atoms with Crippen LogP contribution in [0.4, 0.5) is 0 Å². The molecule has 0 spiro atoms. The van der Waals surface area contributed by atoms with E-state index in [2.05, 4.69) is 31.4 Å². The molecule has 1 heterocycles. The summed E-state index contributed by atoms with van der Waals surface area (Å²) in [5, 5.41) is 16.3. The van der Waals surface area contributed by atoms with Crippen LogP contribution in [0.3, 0.4) is 0 Å². The number of carbonyl (C=O) groups is 1. The van der Waals surface area contributed by atoms with Crippen LogP contribution in [0.25, 0.3) is 0 Å². The van der Waals surface area contributed by atoms with Crippen LogP contribution in [0.2, 0.25) is 0 Å². The van der Waals surface area contributed by atoms with Gasteiger partial charge in [0.15, 0.2) is 5.96 Å². The smallest absolute Gasteiger partial charge is 0.225 e. The molecule has 1 aliphatic carbocycles. The molecule has 1 unspecified atom stereocenters. The Morgan fingerprint density at radius 1 is 1.18 bits per heavy atom. The number of nitrogens with one attached hydrogen (secondary N) is 2. The van der Waals surface area contributed by atoms with E-state index in [0.29, 0.717) is 12.5 Å². The van der Waals surface area contributed by atoms with Crippen molar-refractivity contribution >= 4 is 35.8 Å². The highest BCUT2D eigenvalue weighted by Gasteiger charge is 2.32. The van der Waals surface area contributed by atoms with Gasteiger partial charge in [0.25, 0.3) is 0 Å². The lowest BCUT2D eigenvalue weighted by Gasteiger charge is -2.30. The van der Waals surface area contributed by atoms with Gasteiger partial charge in [-0.3, -0.25) is 9.79 Å². The number of hydrogen-bond acceptors (Lipinski definition) is 3. The van der Waals surface area contributed by atoms with E-state index >= 15 is 0 Å². The lowest BCUT2D eigenvalue weighted by atomic mass is 9.79. The van der Waals surface area contributed by atoms with Gasteiger partial charge < -0.3 is 20.6 Å². The van der Waals surface area contributed by atoms with Gasteiger partial charge in [0.1, 0.15) is 0 Å². The van der Waals surface area contributed by atoms with Gasteiger partial charge in [-0.25, -0.2) is 0 Å². The highest BCUT2D eigenvalue weighted by molar-refractivity contribution is 14.0. The van der Waals surface area contributed by atoms with Gasteiger partial charge in [-0.2, -0.15) is 0 Å². The van der Waals surface area contributed by atoms with Crippen molar-refractivity contribution in [1.82, 2.24) is 15.5 Å². The quantitative estimate of drug-likeness (QED) is 0.254. The van der Waals surface area contributed by atoms with E-state index in [4.69, 9.17) is 4.99 Å². The molecule has 3 N–H and O–H groups in total. The Morgan fingerprint density at radius 2 is 1.86 bits per heavy atom. The maximum atomic E-state index is 12.6.